The third kappa shape index (κ3) is 4.82. The highest BCUT2D eigenvalue weighted by atomic mass is 19.4. The maximum Gasteiger partial charge on any atom is 0.421 e. The van der Waals surface area contributed by atoms with Crippen molar-refractivity contribution < 1.29 is 23.1 Å². The zero-order valence-corrected chi connectivity index (χ0v) is 13.8. The number of hydrogen-bond donors (Lipinski definition) is 2. The van der Waals surface area contributed by atoms with Crippen LogP contribution in [0.15, 0.2) is 54.6 Å². The van der Waals surface area contributed by atoms with Gasteiger partial charge in [-0.3, -0.25) is 4.79 Å². The molecule has 0 bridgehead atoms. The molecule has 2 aromatic rings. The lowest BCUT2D eigenvalue weighted by atomic mass is 9.94. The van der Waals surface area contributed by atoms with Crippen molar-refractivity contribution in [2.24, 2.45) is 0 Å². The van der Waals surface area contributed by atoms with E-state index in [0.717, 1.165) is 25.0 Å². The molecular formula is C19H20F3NO2. The van der Waals surface area contributed by atoms with E-state index < -0.39 is 11.8 Å². The Balaban J connectivity index is 1.88. The minimum absolute atomic E-state index is 0.251. The molecule has 25 heavy (non-hydrogen) atoms. The van der Waals surface area contributed by atoms with E-state index in [9.17, 15) is 23.1 Å². The number of nitrogens with one attached hydrogen (secondary N) is 1. The Morgan fingerprint density at radius 2 is 1.64 bits per heavy atom. The molecule has 0 aliphatic heterocycles. The van der Waals surface area contributed by atoms with E-state index in [1.165, 1.54) is 17.7 Å². The van der Waals surface area contributed by atoms with Gasteiger partial charge in [0, 0.05) is 12.1 Å². The highest BCUT2D eigenvalue weighted by Crippen LogP contribution is 2.38. The van der Waals surface area contributed by atoms with Crippen LogP contribution in [0.3, 0.4) is 0 Å². The quantitative estimate of drug-likeness (QED) is 0.778. The van der Waals surface area contributed by atoms with Gasteiger partial charge in [-0.1, -0.05) is 42.5 Å². The number of hydrogen-bond acceptors (Lipinski definition) is 2. The maximum atomic E-state index is 12.8. The smallest absolute Gasteiger partial charge is 0.376 e. The summed E-state index contributed by atoms with van der Waals surface area (Å²) >= 11 is 0. The molecule has 2 aromatic carbocycles. The van der Waals surface area contributed by atoms with E-state index >= 15 is 0 Å². The number of alkyl halides is 3. The fourth-order valence-electron chi connectivity index (χ4n) is 2.35. The van der Waals surface area contributed by atoms with Gasteiger partial charge in [-0.25, -0.2) is 0 Å². The normalized spacial score (nSPS) is 14.0. The lowest BCUT2D eigenvalue weighted by Crippen LogP contribution is -2.39. The number of aliphatic hydroxyl groups is 1. The zero-order chi connectivity index (χ0) is 18.5. The molecule has 0 aliphatic rings. The number of carbonyl (C=O) groups is 1. The van der Waals surface area contributed by atoms with Gasteiger partial charge in [-0.05, 0) is 43.0 Å². The first-order valence-electron chi connectivity index (χ1n) is 7.93. The largest absolute Gasteiger partial charge is 0.421 e. The lowest BCUT2D eigenvalue weighted by molar-refractivity contribution is -0.258. The number of carbonyl (C=O) groups excluding carboxylic acids is 1. The topological polar surface area (TPSA) is 49.3 Å². The maximum absolute atomic E-state index is 12.8. The standard InChI is InChI=1S/C19H20F3NO2/c1-18(25,19(20,21)22)16-11-9-15(10-12-16)17(24)23-13-5-8-14-6-3-2-4-7-14/h2-4,6-7,9-12,25H,5,8,13H2,1H3,(H,23,24). The Hall–Kier alpha value is -2.34. The van der Waals surface area contributed by atoms with Crippen molar-refractivity contribution in [1.29, 1.82) is 0 Å². The van der Waals surface area contributed by atoms with Gasteiger partial charge < -0.3 is 10.4 Å². The van der Waals surface area contributed by atoms with E-state index in [0.29, 0.717) is 13.5 Å². The second-order valence-electron chi connectivity index (χ2n) is 5.99. The van der Waals surface area contributed by atoms with Crippen molar-refractivity contribution in [3.8, 4) is 0 Å². The van der Waals surface area contributed by atoms with Gasteiger partial charge in [0.2, 0.25) is 0 Å². The molecular weight excluding hydrogens is 331 g/mol. The molecule has 1 unspecified atom stereocenters. The van der Waals surface area contributed by atoms with Gasteiger partial charge in [0.05, 0.1) is 0 Å². The van der Waals surface area contributed by atoms with Crippen molar-refractivity contribution in [2.45, 2.75) is 31.5 Å². The molecule has 2 N–H and O–H groups in total. The number of aryl methyl sites for hydroxylation is 1. The molecule has 0 fully saturated rings. The molecule has 6 heteroatoms. The molecule has 3 nitrogen and oxygen atoms in total. The molecule has 0 saturated carbocycles. The average Bonchev–Trinajstić information content (AvgIpc) is 2.58. The average molecular weight is 351 g/mol. The predicted molar refractivity (Wildman–Crippen MR) is 89.2 cm³/mol. The molecule has 2 rings (SSSR count). The minimum Gasteiger partial charge on any atom is -0.376 e. The number of halogens is 3. The second-order valence-corrected chi connectivity index (χ2v) is 5.99. The Kier molecular flexibility index (Phi) is 5.85. The summed E-state index contributed by atoms with van der Waals surface area (Å²) in [6.07, 6.45) is -3.20. The summed E-state index contributed by atoms with van der Waals surface area (Å²) in [6, 6.07) is 14.6. The minimum atomic E-state index is -4.78. The zero-order valence-electron chi connectivity index (χ0n) is 13.8. The van der Waals surface area contributed by atoms with Gasteiger partial charge >= 0.3 is 6.18 Å². The molecule has 0 radical (unpaired) electrons. The molecule has 0 aromatic heterocycles. The number of amides is 1. The van der Waals surface area contributed by atoms with Gasteiger partial charge in [0.1, 0.15) is 0 Å². The molecule has 0 aliphatic carbocycles. The van der Waals surface area contributed by atoms with E-state index in [1.807, 2.05) is 30.3 Å². The number of rotatable bonds is 6. The first kappa shape index (κ1) is 19.0. The predicted octanol–water partition coefficient (Wildman–Crippen LogP) is 3.82. The summed E-state index contributed by atoms with van der Waals surface area (Å²) < 4.78 is 38.4. The fraction of sp³-hybridized carbons (Fsp3) is 0.316. The Morgan fingerprint density at radius 3 is 2.20 bits per heavy atom. The highest BCUT2D eigenvalue weighted by Gasteiger charge is 2.51. The summed E-state index contributed by atoms with van der Waals surface area (Å²) in [4.78, 5) is 12.0. The molecule has 0 saturated heterocycles. The van der Waals surface area contributed by atoms with Crippen LogP contribution in [0.4, 0.5) is 13.2 Å². The van der Waals surface area contributed by atoms with Crippen molar-refractivity contribution in [1.82, 2.24) is 5.32 Å². The van der Waals surface area contributed by atoms with Gasteiger partial charge in [0.15, 0.2) is 5.60 Å². The lowest BCUT2D eigenvalue weighted by Gasteiger charge is -2.26. The monoisotopic (exact) mass is 351 g/mol. The van der Waals surface area contributed by atoms with Crippen LogP contribution in [-0.2, 0) is 12.0 Å². The second kappa shape index (κ2) is 7.70. The molecule has 1 atom stereocenters. The third-order valence-electron chi connectivity index (χ3n) is 4.03. The van der Waals surface area contributed by atoms with E-state index in [1.54, 1.807) is 0 Å². The van der Waals surface area contributed by atoms with Gasteiger partial charge in [0.25, 0.3) is 5.91 Å². The van der Waals surface area contributed by atoms with Gasteiger partial charge in [-0.2, -0.15) is 13.2 Å². The molecule has 134 valence electrons. The van der Waals surface area contributed by atoms with Crippen molar-refractivity contribution in [3.05, 3.63) is 71.3 Å². The molecule has 1 amide bonds. The SMILES string of the molecule is CC(O)(c1ccc(C(=O)NCCCc2ccccc2)cc1)C(F)(F)F. The van der Waals surface area contributed by atoms with Crippen LogP contribution in [0.1, 0.15) is 34.8 Å². The first-order chi connectivity index (χ1) is 11.7. The highest BCUT2D eigenvalue weighted by molar-refractivity contribution is 5.94. The Morgan fingerprint density at radius 1 is 1.04 bits per heavy atom. The third-order valence-corrected chi connectivity index (χ3v) is 4.03. The summed E-state index contributed by atoms with van der Waals surface area (Å²) in [5.41, 5.74) is -1.82. The van der Waals surface area contributed by atoms with Crippen molar-refractivity contribution >= 4 is 5.91 Å². The van der Waals surface area contributed by atoms with Crippen molar-refractivity contribution in [2.75, 3.05) is 6.54 Å². The van der Waals surface area contributed by atoms with E-state index in [2.05, 4.69) is 5.32 Å². The van der Waals surface area contributed by atoms with Crippen LogP contribution in [-0.4, -0.2) is 23.7 Å². The summed E-state index contributed by atoms with van der Waals surface area (Å²) in [6.45, 7) is 1.15. The first-order valence-corrected chi connectivity index (χ1v) is 7.93. The van der Waals surface area contributed by atoms with Gasteiger partial charge in [-0.15, -0.1) is 0 Å². The van der Waals surface area contributed by atoms with Crippen LogP contribution in [0.5, 0.6) is 0 Å². The fourth-order valence-corrected chi connectivity index (χ4v) is 2.35. The van der Waals surface area contributed by atoms with Crippen LogP contribution in [0, 0.1) is 0 Å². The van der Waals surface area contributed by atoms with E-state index in [-0.39, 0.29) is 17.0 Å². The number of benzene rings is 2. The van der Waals surface area contributed by atoms with E-state index in [4.69, 9.17) is 0 Å². The summed E-state index contributed by atoms with van der Waals surface area (Å²) in [5.74, 6) is -0.355. The van der Waals surface area contributed by atoms with Crippen LogP contribution in [0.2, 0.25) is 0 Å². The molecule has 0 spiro atoms. The van der Waals surface area contributed by atoms with Crippen molar-refractivity contribution in [3.63, 3.8) is 0 Å². The summed E-state index contributed by atoms with van der Waals surface area (Å²) in [5, 5.41) is 12.3. The Bertz CT molecular complexity index is 695. The van der Waals surface area contributed by atoms with Crippen LogP contribution in [0.25, 0.3) is 0 Å². The van der Waals surface area contributed by atoms with Crippen LogP contribution >= 0.6 is 0 Å². The molecule has 0 heterocycles. The summed E-state index contributed by atoms with van der Waals surface area (Å²) in [7, 11) is 0. The van der Waals surface area contributed by atoms with Crippen LogP contribution < -0.4 is 5.32 Å². The Labute approximate surface area is 144 Å².